The van der Waals surface area contributed by atoms with Crippen molar-refractivity contribution in [1.29, 1.82) is 0 Å². The Balaban J connectivity index is 1.87. The maximum absolute atomic E-state index is 13.4. The number of aliphatic hydroxyl groups is 1. The summed E-state index contributed by atoms with van der Waals surface area (Å²) >= 11 is 7.55. The number of hydrogen-bond donors (Lipinski definition) is 2. The minimum absolute atomic E-state index is 0.269. The third-order valence-corrected chi connectivity index (χ3v) is 4.33. The summed E-state index contributed by atoms with van der Waals surface area (Å²) in [6.45, 7) is 0.880. The maximum Gasteiger partial charge on any atom is 0.127 e. The van der Waals surface area contributed by atoms with Gasteiger partial charge < -0.3 is 10.4 Å². The van der Waals surface area contributed by atoms with E-state index in [4.69, 9.17) is 11.6 Å². The molecule has 5 heteroatoms. The van der Waals surface area contributed by atoms with Gasteiger partial charge in [-0.05, 0) is 30.4 Å². The van der Waals surface area contributed by atoms with Crippen molar-refractivity contribution in [2.75, 3.05) is 18.1 Å². The van der Waals surface area contributed by atoms with E-state index in [1.165, 1.54) is 12.1 Å². The van der Waals surface area contributed by atoms with Gasteiger partial charge in [0.1, 0.15) is 5.82 Å². The van der Waals surface area contributed by atoms with Gasteiger partial charge in [-0.15, -0.1) is 0 Å². The van der Waals surface area contributed by atoms with Crippen LogP contribution in [0.2, 0.25) is 5.02 Å². The van der Waals surface area contributed by atoms with E-state index in [0.717, 1.165) is 17.9 Å². The van der Waals surface area contributed by atoms with Gasteiger partial charge in [-0.2, -0.15) is 11.8 Å². The zero-order chi connectivity index (χ0) is 12.3. The Hall–Kier alpha value is -0.290. The predicted molar refractivity (Wildman–Crippen MR) is 70.0 cm³/mol. The third kappa shape index (κ3) is 3.58. The van der Waals surface area contributed by atoms with Crippen LogP contribution in [0.1, 0.15) is 12.0 Å². The summed E-state index contributed by atoms with van der Waals surface area (Å²) in [5, 5.41) is 13.7. The molecule has 0 bridgehead atoms. The van der Waals surface area contributed by atoms with Crippen LogP contribution in [0.25, 0.3) is 0 Å². The van der Waals surface area contributed by atoms with Gasteiger partial charge >= 0.3 is 0 Å². The molecule has 2 N–H and O–H groups in total. The number of halogens is 2. The summed E-state index contributed by atoms with van der Waals surface area (Å²) in [5.74, 6) is 1.47. The molecule has 1 heterocycles. The highest BCUT2D eigenvalue weighted by atomic mass is 35.5. The predicted octanol–water partition coefficient (Wildman–Crippen LogP) is 2.44. The molecule has 0 radical (unpaired) electrons. The summed E-state index contributed by atoms with van der Waals surface area (Å²) in [7, 11) is 0. The second kappa shape index (κ2) is 5.57. The van der Waals surface area contributed by atoms with Crippen molar-refractivity contribution in [2.45, 2.75) is 18.6 Å². The molecule has 0 aromatic heterocycles. The Morgan fingerprint density at radius 1 is 1.53 bits per heavy atom. The molecule has 2 rings (SSSR count). The monoisotopic (exact) mass is 275 g/mol. The molecule has 1 fully saturated rings. The molecule has 94 valence electrons. The van der Waals surface area contributed by atoms with E-state index >= 15 is 0 Å². The first kappa shape index (κ1) is 13.1. The summed E-state index contributed by atoms with van der Waals surface area (Å²) in [6, 6.07) is 4.50. The van der Waals surface area contributed by atoms with Crippen LogP contribution in [0.15, 0.2) is 18.2 Å². The largest absolute Gasteiger partial charge is 0.388 e. The normalized spacial score (nSPS) is 24.2. The topological polar surface area (TPSA) is 32.3 Å². The fourth-order valence-electron chi connectivity index (χ4n) is 1.84. The molecule has 0 amide bonds. The molecule has 2 nitrogen and oxygen atoms in total. The Kier molecular flexibility index (Phi) is 4.31. The molecule has 0 aliphatic carbocycles. The molecule has 1 aliphatic rings. The lowest BCUT2D eigenvalue weighted by molar-refractivity contribution is 0.0674. The molecule has 1 atom stereocenters. The van der Waals surface area contributed by atoms with Gasteiger partial charge in [0, 0.05) is 29.4 Å². The van der Waals surface area contributed by atoms with Crippen molar-refractivity contribution in [2.24, 2.45) is 0 Å². The van der Waals surface area contributed by atoms with Gasteiger partial charge in [0.05, 0.1) is 5.60 Å². The van der Waals surface area contributed by atoms with Gasteiger partial charge in [0.25, 0.3) is 0 Å². The molecule has 1 unspecified atom stereocenters. The molecule has 1 aliphatic heterocycles. The summed E-state index contributed by atoms with van der Waals surface area (Å²) in [6.07, 6.45) is 0.794. The lowest BCUT2D eigenvalue weighted by atomic mass is 10.0. The molecule has 1 aromatic carbocycles. The Morgan fingerprint density at radius 2 is 2.35 bits per heavy atom. The fourth-order valence-corrected chi connectivity index (χ4v) is 3.33. The number of nitrogens with one attached hydrogen (secondary N) is 1. The van der Waals surface area contributed by atoms with Crippen LogP contribution >= 0.6 is 23.4 Å². The minimum Gasteiger partial charge on any atom is -0.388 e. The lowest BCUT2D eigenvalue weighted by Gasteiger charge is -2.21. The summed E-state index contributed by atoms with van der Waals surface area (Å²) in [5.41, 5.74) is -0.105. The molecular weight excluding hydrogens is 261 g/mol. The van der Waals surface area contributed by atoms with Crippen LogP contribution < -0.4 is 5.32 Å². The smallest absolute Gasteiger partial charge is 0.127 e. The number of thioether (sulfide) groups is 1. The molecule has 0 spiro atoms. The zero-order valence-electron chi connectivity index (χ0n) is 9.38. The van der Waals surface area contributed by atoms with E-state index in [9.17, 15) is 9.50 Å². The van der Waals surface area contributed by atoms with Gasteiger partial charge in [-0.25, -0.2) is 4.39 Å². The van der Waals surface area contributed by atoms with Crippen molar-refractivity contribution >= 4 is 23.4 Å². The van der Waals surface area contributed by atoms with Crippen LogP contribution in [0, 0.1) is 5.82 Å². The average Bonchev–Trinajstić information content (AvgIpc) is 2.71. The number of benzene rings is 1. The quantitative estimate of drug-likeness (QED) is 0.885. The van der Waals surface area contributed by atoms with Crippen LogP contribution in [0.4, 0.5) is 4.39 Å². The maximum atomic E-state index is 13.4. The molecule has 17 heavy (non-hydrogen) atoms. The Bertz CT molecular complexity index is 396. The number of hydrogen-bond acceptors (Lipinski definition) is 3. The third-order valence-electron chi connectivity index (χ3n) is 2.86. The van der Waals surface area contributed by atoms with Crippen molar-refractivity contribution in [3.63, 3.8) is 0 Å². The Labute approximate surface area is 110 Å². The van der Waals surface area contributed by atoms with Crippen molar-refractivity contribution in [3.05, 3.63) is 34.6 Å². The number of rotatable bonds is 4. The average molecular weight is 276 g/mol. The SMILES string of the molecule is OC1(CNCc2cc(Cl)ccc2F)CCSC1. The van der Waals surface area contributed by atoms with Gasteiger partial charge in [0.15, 0.2) is 0 Å². The zero-order valence-corrected chi connectivity index (χ0v) is 11.0. The van der Waals surface area contributed by atoms with E-state index in [-0.39, 0.29) is 5.82 Å². The summed E-state index contributed by atoms with van der Waals surface area (Å²) < 4.78 is 13.4. The van der Waals surface area contributed by atoms with E-state index < -0.39 is 5.60 Å². The van der Waals surface area contributed by atoms with E-state index in [1.807, 2.05) is 0 Å². The van der Waals surface area contributed by atoms with Gasteiger partial charge in [-0.1, -0.05) is 11.6 Å². The lowest BCUT2D eigenvalue weighted by Crippen LogP contribution is -2.40. The standard InChI is InChI=1S/C12H15ClFNOS/c13-10-1-2-11(14)9(5-10)6-15-7-12(16)3-4-17-8-12/h1-2,5,15-16H,3-4,6-8H2. The second-order valence-electron chi connectivity index (χ2n) is 4.37. The van der Waals surface area contributed by atoms with E-state index in [1.54, 1.807) is 17.8 Å². The van der Waals surface area contributed by atoms with Gasteiger partial charge in [0.2, 0.25) is 0 Å². The van der Waals surface area contributed by atoms with Crippen molar-refractivity contribution < 1.29 is 9.50 Å². The molecular formula is C12H15ClFNOS. The second-order valence-corrected chi connectivity index (χ2v) is 5.91. The molecule has 1 aromatic rings. The van der Waals surface area contributed by atoms with Crippen LogP contribution in [0.5, 0.6) is 0 Å². The minimum atomic E-state index is -0.639. The van der Waals surface area contributed by atoms with Crippen LogP contribution in [0.3, 0.4) is 0 Å². The highest BCUT2D eigenvalue weighted by Crippen LogP contribution is 2.27. The molecule has 1 saturated heterocycles. The van der Waals surface area contributed by atoms with E-state index in [2.05, 4.69) is 5.32 Å². The van der Waals surface area contributed by atoms with Crippen molar-refractivity contribution in [1.82, 2.24) is 5.32 Å². The fraction of sp³-hybridized carbons (Fsp3) is 0.500. The first-order valence-corrected chi connectivity index (χ1v) is 7.07. The van der Waals surface area contributed by atoms with Gasteiger partial charge in [-0.3, -0.25) is 0 Å². The first-order chi connectivity index (χ1) is 8.09. The molecule has 0 saturated carbocycles. The van der Waals surface area contributed by atoms with Crippen LogP contribution in [-0.4, -0.2) is 28.8 Å². The van der Waals surface area contributed by atoms with E-state index in [0.29, 0.717) is 23.7 Å². The van der Waals surface area contributed by atoms with Crippen molar-refractivity contribution in [3.8, 4) is 0 Å². The Morgan fingerprint density at radius 3 is 3.06 bits per heavy atom. The summed E-state index contributed by atoms with van der Waals surface area (Å²) in [4.78, 5) is 0. The van der Waals surface area contributed by atoms with Crippen LogP contribution in [-0.2, 0) is 6.54 Å². The highest BCUT2D eigenvalue weighted by molar-refractivity contribution is 7.99. The highest BCUT2D eigenvalue weighted by Gasteiger charge is 2.30. The first-order valence-electron chi connectivity index (χ1n) is 5.54.